The van der Waals surface area contributed by atoms with Gasteiger partial charge in [-0.3, -0.25) is 4.79 Å². The van der Waals surface area contributed by atoms with Crippen LogP contribution in [0.1, 0.15) is 21.5 Å². The minimum atomic E-state index is -0.0801. The largest absolute Gasteiger partial charge is 0.399 e. The number of nitrogen functional groups attached to an aromatic ring is 1. The van der Waals surface area contributed by atoms with Gasteiger partial charge in [-0.15, -0.1) is 0 Å². The first-order valence-electron chi connectivity index (χ1n) is 6.44. The predicted molar refractivity (Wildman–Crippen MR) is 87.9 cm³/mol. The van der Waals surface area contributed by atoms with Crippen LogP contribution in [-0.2, 0) is 6.54 Å². The Hall–Kier alpha value is -1.71. The number of hydrogen-bond donors (Lipinski definition) is 1. The van der Waals surface area contributed by atoms with Gasteiger partial charge in [-0.1, -0.05) is 35.3 Å². The Kier molecular flexibility index (Phi) is 4.76. The van der Waals surface area contributed by atoms with Crippen molar-refractivity contribution >= 4 is 34.8 Å². The Morgan fingerprint density at radius 1 is 1.24 bits per heavy atom. The molecule has 2 aromatic rings. The summed E-state index contributed by atoms with van der Waals surface area (Å²) >= 11 is 12.1. The average molecular weight is 323 g/mol. The molecule has 0 saturated carbocycles. The topological polar surface area (TPSA) is 46.3 Å². The number of rotatable bonds is 3. The maximum absolute atomic E-state index is 12.5. The monoisotopic (exact) mass is 322 g/mol. The van der Waals surface area contributed by atoms with Crippen LogP contribution < -0.4 is 5.73 Å². The smallest absolute Gasteiger partial charge is 0.254 e. The molecule has 0 aromatic heterocycles. The van der Waals surface area contributed by atoms with Crippen LogP contribution in [0.25, 0.3) is 0 Å². The fraction of sp³-hybridized carbons (Fsp3) is 0.188. The van der Waals surface area contributed by atoms with Gasteiger partial charge in [0, 0.05) is 24.8 Å². The Balaban J connectivity index is 2.21. The molecule has 0 fully saturated rings. The molecule has 0 bridgehead atoms. The SMILES string of the molecule is Cc1cc(N)ccc1C(=O)N(C)Cc1cccc(Cl)c1Cl. The highest BCUT2D eigenvalue weighted by molar-refractivity contribution is 6.42. The molecule has 2 N–H and O–H groups in total. The number of benzene rings is 2. The van der Waals surface area contributed by atoms with Crippen molar-refractivity contribution in [3.8, 4) is 0 Å². The quantitative estimate of drug-likeness (QED) is 0.862. The van der Waals surface area contributed by atoms with Crippen LogP contribution in [0.3, 0.4) is 0 Å². The van der Waals surface area contributed by atoms with Gasteiger partial charge in [-0.05, 0) is 42.3 Å². The fourth-order valence-corrected chi connectivity index (χ4v) is 2.51. The molecule has 1 amide bonds. The van der Waals surface area contributed by atoms with Crippen LogP contribution in [0.2, 0.25) is 10.0 Å². The molecule has 5 heteroatoms. The number of halogens is 2. The number of hydrogen-bond acceptors (Lipinski definition) is 2. The lowest BCUT2D eigenvalue weighted by atomic mass is 10.1. The Bertz CT molecular complexity index is 686. The molecule has 0 heterocycles. The van der Waals surface area contributed by atoms with E-state index >= 15 is 0 Å². The lowest BCUT2D eigenvalue weighted by molar-refractivity contribution is 0.0784. The van der Waals surface area contributed by atoms with E-state index in [4.69, 9.17) is 28.9 Å². The summed E-state index contributed by atoms with van der Waals surface area (Å²) in [5, 5.41) is 0.964. The van der Waals surface area contributed by atoms with Crippen molar-refractivity contribution < 1.29 is 4.79 Å². The summed E-state index contributed by atoms with van der Waals surface area (Å²) < 4.78 is 0. The maximum atomic E-state index is 12.5. The Labute approximate surface area is 134 Å². The predicted octanol–water partition coefficient (Wildman–Crippen LogP) is 4.16. The summed E-state index contributed by atoms with van der Waals surface area (Å²) in [6, 6.07) is 10.6. The fourth-order valence-electron chi connectivity index (χ4n) is 2.13. The van der Waals surface area contributed by atoms with Gasteiger partial charge in [0.1, 0.15) is 0 Å². The molecule has 2 aromatic carbocycles. The van der Waals surface area contributed by atoms with Crippen molar-refractivity contribution in [2.45, 2.75) is 13.5 Å². The number of nitrogens with zero attached hydrogens (tertiary/aromatic N) is 1. The van der Waals surface area contributed by atoms with Gasteiger partial charge in [0.25, 0.3) is 5.91 Å². The molecule has 2 rings (SSSR count). The molecular weight excluding hydrogens is 307 g/mol. The first-order chi connectivity index (χ1) is 9.90. The molecule has 0 saturated heterocycles. The van der Waals surface area contributed by atoms with E-state index in [1.165, 1.54) is 0 Å². The number of nitrogens with two attached hydrogens (primary N) is 1. The van der Waals surface area contributed by atoms with Gasteiger partial charge in [0.2, 0.25) is 0 Å². The summed E-state index contributed by atoms with van der Waals surface area (Å²) in [5.41, 5.74) is 8.64. The van der Waals surface area contributed by atoms with Gasteiger partial charge in [-0.25, -0.2) is 0 Å². The van der Waals surface area contributed by atoms with Gasteiger partial charge in [0.15, 0.2) is 0 Å². The maximum Gasteiger partial charge on any atom is 0.254 e. The minimum Gasteiger partial charge on any atom is -0.399 e. The Morgan fingerprint density at radius 2 is 1.95 bits per heavy atom. The van der Waals surface area contributed by atoms with Crippen LogP contribution in [0.4, 0.5) is 5.69 Å². The summed E-state index contributed by atoms with van der Waals surface area (Å²) in [5.74, 6) is -0.0801. The van der Waals surface area contributed by atoms with Crippen molar-refractivity contribution in [1.82, 2.24) is 4.90 Å². The average Bonchev–Trinajstić information content (AvgIpc) is 2.43. The van der Waals surface area contributed by atoms with Gasteiger partial charge >= 0.3 is 0 Å². The van der Waals surface area contributed by atoms with Crippen LogP contribution in [0.15, 0.2) is 36.4 Å². The van der Waals surface area contributed by atoms with Gasteiger partial charge in [0.05, 0.1) is 10.0 Å². The first-order valence-corrected chi connectivity index (χ1v) is 7.20. The van der Waals surface area contributed by atoms with E-state index in [0.717, 1.165) is 11.1 Å². The first kappa shape index (κ1) is 15.7. The van der Waals surface area contributed by atoms with Crippen LogP contribution in [-0.4, -0.2) is 17.9 Å². The zero-order valence-electron chi connectivity index (χ0n) is 11.9. The molecule has 21 heavy (non-hydrogen) atoms. The molecule has 0 atom stereocenters. The third kappa shape index (κ3) is 3.49. The molecule has 0 aliphatic rings. The Morgan fingerprint density at radius 3 is 2.62 bits per heavy atom. The highest BCUT2D eigenvalue weighted by Crippen LogP contribution is 2.26. The van der Waals surface area contributed by atoms with Crippen molar-refractivity contribution in [2.75, 3.05) is 12.8 Å². The van der Waals surface area contributed by atoms with E-state index in [1.54, 1.807) is 36.2 Å². The third-order valence-corrected chi connectivity index (χ3v) is 4.12. The van der Waals surface area contributed by atoms with E-state index in [1.807, 2.05) is 19.1 Å². The van der Waals surface area contributed by atoms with E-state index in [0.29, 0.717) is 27.8 Å². The molecule has 0 radical (unpaired) electrons. The summed E-state index contributed by atoms with van der Waals surface area (Å²) in [6.07, 6.45) is 0. The molecule has 110 valence electrons. The summed E-state index contributed by atoms with van der Waals surface area (Å²) in [4.78, 5) is 14.1. The minimum absolute atomic E-state index is 0.0801. The lowest BCUT2D eigenvalue weighted by Gasteiger charge is -2.19. The van der Waals surface area contributed by atoms with Crippen LogP contribution in [0.5, 0.6) is 0 Å². The number of anilines is 1. The van der Waals surface area contributed by atoms with Crippen molar-refractivity contribution in [3.05, 3.63) is 63.1 Å². The van der Waals surface area contributed by atoms with Crippen LogP contribution >= 0.6 is 23.2 Å². The molecular formula is C16H16Cl2N2O. The number of carbonyl (C=O) groups excluding carboxylic acids is 1. The normalized spacial score (nSPS) is 10.5. The zero-order chi connectivity index (χ0) is 15.6. The number of amides is 1. The van der Waals surface area contributed by atoms with E-state index in [-0.39, 0.29) is 5.91 Å². The summed E-state index contributed by atoms with van der Waals surface area (Å²) in [7, 11) is 1.73. The summed E-state index contributed by atoms with van der Waals surface area (Å²) in [6.45, 7) is 2.26. The van der Waals surface area contributed by atoms with E-state index in [2.05, 4.69) is 0 Å². The van der Waals surface area contributed by atoms with Crippen LogP contribution in [0, 0.1) is 6.92 Å². The zero-order valence-corrected chi connectivity index (χ0v) is 13.4. The molecule has 0 aliphatic carbocycles. The highest BCUT2D eigenvalue weighted by Gasteiger charge is 2.16. The third-order valence-electron chi connectivity index (χ3n) is 3.27. The second kappa shape index (κ2) is 6.37. The second-order valence-corrected chi connectivity index (χ2v) is 5.73. The highest BCUT2D eigenvalue weighted by atomic mass is 35.5. The molecule has 0 spiro atoms. The number of aryl methyl sites for hydroxylation is 1. The molecule has 0 aliphatic heterocycles. The van der Waals surface area contributed by atoms with E-state index in [9.17, 15) is 4.79 Å². The number of carbonyl (C=O) groups is 1. The second-order valence-electron chi connectivity index (χ2n) is 4.95. The molecule has 3 nitrogen and oxygen atoms in total. The lowest BCUT2D eigenvalue weighted by Crippen LogP contribution is -2.27. The molecule has 0 unspecified atom stereocenters. The van der Waals surface area contributed by atoms with Crippen molar-refractivity contribution in [1.29, 1.82) is 0 Å². The van der Waals surface area contributed by atoms with E-state index < -0.39 is 0 Å². The van der Waals surface area contributed by atoms with Gasteiger partial charge in [-0.2, -0.15) is 0 Å². The van der Waals surface area contributed by atoms with Crippen molar-refractivity contribution in [3.63, 3.8) is 0 Å². The van der Waals surface area contributed by atoms with Crippen molar-refractivity contribution in [2.24, 2.45) is 0 Å². The standard InChI is InChI=1S/C16H16Cl2N2O/c1-10-8-12(19)6-7-13(10)16(21)20(2)9-11-4-3-5-14(17)15(11)18/h3-8H,9,19H2,1-2H3. The van der Waals surface area contributed by atoms with Gasteiger partial charge < -0.3 is 10.6 Å².